The maximum absolute atomic E-state index is 12.6. The van der Waals surface area contributed by atoms with Gasteiger partial charge in [0.15, 0.2) is 11.5 Å². The molecule has 0 atom stereocenters. The second kappa shape index (κ2) is 11.7. The molecule has 1 aromatic heterocycles. The van der Waals surface area contributed by atoms with Gasteiger partial charge >= 0.3 is 0 Å². The van der Waals surface area contributed by atoms with E-state index in [-0.39, 0.29) is 18.4 Å². The Labute approximate surface area is 192 Å². The zero-order valence-electron chi connectivity index (χ0n) is 18.1. The number of carbonyl (C=O) groups excluding carboxylic acids is 2. The first-order valence-corrected chi connectivity index (χ1v) is 10.1. The van der Waals surface area contributed by atoms with Crippen molar-refractivity contribution in [2.24, 2.45) is 0 Å². The highest BCUT2D eigenvalue weighted by molar-refractivity contribution is 6.07. The lowest BCUT2D eigenvalue weighted by Gasteiger charge is -2.11. The van der Waals surface area contributed by atoms with Gasteiger partial charge in [0.25, 0.3) is 5.91 Å². The van der Waals surface area contributed by atoms with Crippen LogP contribution in [-0.4, -0.2) is 30.5 Å². The number of hydrogen-bond acceptors (Lipinski definition) is 5. The maximum atomic E-state index is 12.6. The predicted octanol–water partition coefficient (Wildman–Crippen LogP) is 3.68. The van der Waals surface area contributed by atoms with Gasteiger partial charge in [-0.05, 0) is 53.6 Å². The number of aromatic nitrogens is 1. The Morgan fingerprint density at radius 2 is 1.88 bits per heavy atom. The summed E-state index contributed by atoms with van der Waals surface area (Å²) in [6.07, 6.45) is 11.6. The Morgan fingerprint density at radius 3 is 2.64 bits per heavy atom. The van der Waals surface area contributed by atoms with Crippen molar-refractivity contribution in [2.75, 3.05) is 19.0 Å². The van der Waals surface area contributed by atoms with E-state index in [9.17, 15) is 9.59 Å². The molecule has 0 radical (unpaired) electrons. The van der Waals surface area contributed by atoms with Crippen molar-refractivity contribution in [3.63, 3.8) is 0 Å². The number of anilines is 1. The summed E-state index contributed by atoms with van der Waals surface area (Å²) in [5.74, 6) is 2.75. The molecule has 0 aliphatic rings. The number of rotatable bonds is 9. The third kappa shape index (κ3) is 6.71. The third-order valence-corrected chi connectivity index (χ3v) is 4.56. The van der Waals surface area contributed by atoms with Gasteiger partial charge in [0.2, 0.25) is 5.91 Å². The minimum atomic E-state index is -0.379. The van der Waals surface area contributed by atoms with Crippen LogP contribution in [0.1, 0.15) is 21.5 Å². The molecule has 0 aliphatic carbocycles. The van der Waals surface area contributed by atoms with E-state index < -0.39 is 0 Å². The smallest absolute Gasteiger partial charge is 0.253 e. The van der Waals surface area contributed by atoms with Gasteiger partial charge in [-0.25, -0.2) is 0 Å². The van der Waals surface area contributed by atoms with Crippen molar-refractivity contribution < 1.29 is 19.1 Å². The van der Waals surface area contributed by atoms with Crippen LogP contribution in [0.15, 0.2) is 73.1 Å². The van der Waals surface area contributed by atoms with Gasteiger partial charge in [0.1, 0.15) is 6.61 Å². The molecule has 0 saturated heterocycles. The van der Waals surface area contributed by atoms with E-state index in [1.54, 1.807) is 60.9 Å². The van der Waals surface area contributed by atoms with Crippen molar-refractivity contribution in [1.82, 2.24) is 10.3 Å². The Kier molecular flexibility index (Phi) is 8.21. The van der Waals surface area contributed by atoms with Crippen LogP contribution in [-0.2, 0) is 11.3 Å². The molecule has 0 aliphatic heterocycles. The fourth-order valence-corrected chi connectivity index (χ4v) is 2.94. The normalized spacial score (nSPS) is 10.3. The topological polar surface area (TPSA) is 89.5 Å². The van der Waals surface area contributed by atoms with Crippen molar-refractivity contribution in [2.45, 2.75) is 6.54 Å². The summed E-state index contributed by atoms with van der Waals surface area (Å²) >= 11 is 0. The second-order valence-corrected chi connectivity index (χ2v) is 6.81. The van der Waals surface area contributed by atoms with Gasteiger partial charge in [-0.1, -0.05) is 24.1 Å². The largest absolute Gasteiger partial charge is 0.493 e. The third-order valence-electron chi connectivity index (χ3n) is 4.56. The summed E-state index contributed by atoms with van der Waals surface area (Å²) in [4.78, 5) is 29.1. The lowest BCUT2D eigenvalue weighted by molar-refractivity contribution is -0.111. The molecular formula is C26H23N3O4. The van der Waals surface area contributed by atoms with Crippen molar-refractivity contribution in [3.8, 4) is 23.8 Å². The van der Waals surface area contributed by atoms with Gasteiger partial charge in [0, 0.05) is 25.0 Å². The molecule has 1 heterocycles. The number of nitrogens with one attached hydrogen (secondary N) is 2. The van der Waals surface area contributed by atoms with Gasteiger partial charge in [-0.15, -0.1) is 6.42 Å². The molecule has 7 nitrogen and oxygen atoms in total. The standard InChI is InChI=1S/C26H23N3O4/c1-3-16-33-23-10-8-19(17-24(23)32-2)9-11-25(30)29-22-7-5-4-6-21(22)26(31)28-18-20-12-14-27-15-13-20/h1,4-15,17H,16,18H2,2H3,(H,28,31)(H,29,30)/b11-9+. The molecule has 0 spiro atoms. The lowest BCUT2D eigenvalue weighted by Crippen LogP contribution is -2.24. The van der Waals surface area contributed by atoms with Crippen molar-refractivity contribution in [3.05, 3.63) is 89.8 Å². The minimum Gasteiger partial charge on any atom is -0.493 e. The number of amides is 2. The number of para-hydroxylation sites is 1. The average Bonchev–Trinajstić information content (AvgIpc) is 2.86. The van der Waals surface area contributed by atoms with Crippen LogP contribution in [0.25, 0.3) is 6.08 Å². The first-order valence-electron chi connectivity index (χ1n) is 10.1. The van der Waals surface area contributed by atoms with Crippen LogP contribution in [0.2, 0.25) is 0 Å². The highest BCUT2D eigenvalue weighted by Crippen LogP contribution is 2.28. The van der Waals surface area contributed by atoms with E-state index in [0.717, 1.165) is 11.1 Å². The highest BCUT2D eigenvalue weighted by Gasteiger charge is 2.12. The zero-order chi connectivity index (χ0) is 23.5. The molecule has 2 aromatic carbocycles. The number of terminal acetylenes is 1. The first-order chi connectivity index (χ1) is 16.1. The SMILES string of the molecule is C#CCOc1ccc(/C=C/C(=O)Nc2ccccc2C(=O)NCc2ccncc2)cc1OC. The number of pyridine rings is 1. The van der Waals surface area contributed by atoms with E-state index in [1.165, 1.54) is 13.2 Å². The van der Waals surface area contributed by atoms with Crippen molar-refractivity contribution in [1.29, 1.82) is 0 Å². The highest BCUT2D eigenvalue weighted by atomic mass is 16.5. The fourth-order valence-electron chi connectivity index (χ4n) is 2.94. The van der Waals surface area contributed by atoms with Crippen LogP contribution in [0.3, 0.4) is 0 Å². The Bertz CT molecular complexity index is 1180. The van der Waals surface area contributed by atoms with E-state index in [4.69, 9.17) is 15.9 Å². The number of nitrogens with zero attached hydrogens (tertiary/aromatic N) is 1. The minimum absolute atomic E-state index is 0.128. The summed E-state index contributed by atoms with van der Waals surface area (Å²) in [7, 11) is 1.52. The lowest BCUT2D eigenvalue weighted by atomic mass is 10.1. The van der Waals surface area contributed by atoms with Crippen molar-refractivity contribution >= 4 is 23.6 Å². The summed E-state index contributed by atoms with van der Waals surface area (Å²) in [6.45, 7) is 0.482. The zero-order valence-corrected chi connectivity index (χ0v) is 18.1. The summed E-state index contributed by atoms with van der Waals surface area (Å²) in [5.41, 5.74) is 2.44. The molecule has 166 valence electrons. The molecule has 2 N–H and O–H groups in total. The van der Waals surface area contributed by atoms with Gasteiger partial charge in [-0.3, -0.25) is 14.6 Å². The average molecular weight is 441 g/mol. The second-order valence-electron chi connectivity index (χ2n) is 6.81. The number of carbonyl (C=O) groups is 2. The predicted molar refractivity (Wildman–Crippen MR) is 127 cm³/mol. The Morgan fingerprint density at radius 1 is 1.09 bits per heavy atom. The van der Waals surface area contributed by atoms with Crippen LogP contribution < -0.4 is 20.1 Å². The molecule has 33 heavy (non-hydrogen) atoms. The van der Waals surface area contributed by atoms with E-state index >= 15 is 0 Å². The molecule has 3 rings (SSSR count). The molecule has 0 unspecified atom stereocenters. The van der Waals surface area contributed by atoms with Gasteiger partial charge < -0.3 is 20.1 Å². The summed E-state index contributed by atoms with van der Waals surface area (Å²) in [6, 6.07) is 15.7. The quantitative estimate of drug-likeness (QED) is 0.391. The Balaban J connectivity index is 1.65. The van der Waals surface area contributed by atoms with Crippen LogP contribution in [0, 0.1) is 12.3 Å². The summed E-state index contributed by atoms with van der Waals surface area (Å²) in [5, 5.41) is 5.60. The van der Waals surface area contributed by atoms with Crippen LogP contribution >= 0.6 is 0 Å². The van der Waals surface area contributed by atoms with E-state index in [1.807, 2.05) is 12.1 Å². The van der Waals surface area contributed by atoms with Gasteiger partial charge in [0.05, 0.1) is 18.4 Å². The maximum Gasteiger partial charge on any atom is 0.253 e. The number of hydrogen-bond donors (Lipinski definition) is 2. The summed E-state index contributed by atoms with van der Waals surface area (Å²) < 4.78 is 10.7. The van der Waals surface area contributed by atoms with E-state index in [0.29, 0.717) is 29.3 Å². The molecule has 2 amide bonds. The molecule has 0 fully saturated rings. The number of ether oxygens (including phenoxy) is 2. The molecule has 0 bridgehead atoms. The van der Waals surface area contributed by atoms with E-state index in [2.05, 4.69) is 21.5 Å². The Hall–Kier alpha value is -4.57. The monoisotopic (exact) mass is 441 g/mol. The first kappa shape index (κ1) is 23.1. The van der Waals surface area contributed by atoms with Crippen LogP contribution in [0.4, 0.5) is 5.69 Å². The fraction of sp³-hybridized carbons (Fsp3) is 0.115. The molecule has 7 heteroatoms. The van der Waals surface area contributed by atoms with Crippen LogP contribution in [0.5, 0.6) is 11.5 Å². The van der Waals surface area contributed by atoms with Gasteiger partial charge in [-0.2, -0.15) is 0 Å². The molecule has 3 aromatic rings. The molecular weight excluding hydrogens is 418 g/mol. The molecule has 0 saturated carbocycles. The number of benzene rings is 2. The number of methoxy groups -OCH3 is 1.